The van der Waals surface area contributed by atoms with Crippen LogP contribution in [0.3, 0.4) is 0 Å². The van der Waals surface area contributed by atoms with Crippen LogP contribution in [0.2, 0.25) is 0 Å². The first kappa shape index (κ1) is 7.30. The highest BCUT2D eigenvalue weighted by atomic mass is 32.1. The highest BCUT2D eigenvalue weighted by Gasteiger charge is 1.96. The van der Waals surface area contributed by atoms with Gasteiger partial charge in [0.2, 0.25) is 0 Å². The van der Waals surface area contributed by atoms with E-state index >= 15 is 0 Å². The summed E-state index contributed by atoms with van der Waals surface area (Å²) < 4.78 is 2.60. The standard InChI is InChI=1S/C7H6N4S/c12-11-6-4-9-5-2-1-3-8-7(5)10-6/h1-4,12H,(H,8,10,11). The number of aromatic nitrogens is 3. The van der Waals surface area contributed by atoms with Crippen LogP contribution in [0.25, 0.3) is 11.2 Å². The molecule has 0 aliphatic carbocycles. The van der Waals surface area contributed by atoms with Crippen molar-refractivity contribution in [2.24, 2.45) is 0 Å². The molecule has 0 aliphatic heterocycles. The van der Waals surface area contributed by atoms with E-state index in [1.807, 2.05) is 12.1 Å². The molecule has 2 aromatic heterocycles. The SMILES string of the molecule is SNc1cnc2cccnc2n1. The Hall–Kier alpha value is -1.36. The average molecular weight is 178 g/mol. The molecule has 1 N–H and O–H groups in total. The summed E-state index contributed by atoms with van der Waals surface area (Å²) in [4.78, 5) is 12.3. The Morgan fingerprint density at radius 2 is 2.25 bits per heavy atom. The zero-order valence-corrected chi connectivity index (χ0v) is 6.99. The van der Waals surface area contributed by atoms with Crippen molar-refractivity contribution in [1.82, 2.24) is 15.0 Å². The molecule has 0 fully saturated rings. The fraction of sp³-hybridized carbons (Fsp3) is 0. The third kappa shape index (κ3) is 1.18. The second kappa shape index (κ2) is 2.94. The summed E-state index contributed by atoms with van der Waals surface area (Å²) in [5.41, 5.74) is 1.40. The van der Waals surface area contributed by atoms with Gasteiger partial charge < -0.3 is 4.72 Å². The molecule has 0 bridgehead atoms. The van der Waals surface area contributed by atoms with Crippen LogP contribution in [0.1, 0.15) is 0 Å². The number of hydrogen-bond acceptors (Lipinski definition) is 5. The molecule has 0 atom stereocenters. The van der Waals surface area contributed by atoms with Gasteiger partial charge in [-0.2, -0.15) is 0 Å². The van der Waals surface area contributed by atoms with Crippen molar-refractivity contribution < 1.29 is 0 Å². The van der Waals surface area contributed by atoms with Crippen molar-refractivity contribution in [2.75, 3.05) is 4.72 Å². The van der Waals surface area contributed by atoms with Crippen molar-refractivity contribution in [1.29, 1.82) is 0 Å². The van der Waals surface area contributed by atoms with Crippen LogP contribution < -0.4 is 4.72 Å². The fourth-order valence-corrected chi connectivity index (χ4v) is 1.01. The van der Waals surface area contributed by atoms with Gasteiger partial charge in [-0.15, -0.1) is 0 Å². The lowest BCUT2D eigenvalue weighted by Gasteiger charge is -1.97. The predicted molar refractivity (Wildman–Crippen MR) is 49.9 cm³/mol. The van der Waals surface area contributed by atoms with Gasteiger partial charge >= 0.3 is 0 Å². The van der Waals surface area contributed by atoms with Crippen molar-refractivity contribution in [3.05, 3.63) is 24.5 Å². The van der Waals surface area contributed by atoms with Crippen LogP contribution in [0.4, 0.5) is 5.82 Å². The van der Waals surface area contributed by atoms with Gasteiger partial charge in [0.05, 0.1) is 6.20 Å². The summed E-state index contributed by atoms with van der Waals surface area (Å²) in [6.45, 7) is 0. The van der Waals surface area contributed by atoms with Crippen molar-refractivity contribution in [3.8, 4) is 0 Å². The van der Waals surface area contributed by atoms with Crippen LogP contribution in [0.5, 0.6) is 0 Å². The van der Waals surface area contributed by atoms with Gasteiger partial charge in [-0.1, -0.05) is 12.8 Å². The van der Waals surface area contributed by atoms with Crippen molar-refractivity contribution in [2.45, 2.75) is 0 Å². The minimum Gasteiger partial charge on any atom is -0.316 e. The Morgan fingerprint density at radius 1 is 1.33 bits per heavy atom. The zero-order valence-electron chi connectivity index (χ0n) is 6.10. The van der Waals surface area contributed by atoms with Crippen LogP contribution in [0.15, 0.2) is 24.5 Å². The molecule has 5 heteroatoms. The molecule has 0 radical (unpaired) electrons. The third-order valence-corrected chi connectivity index (χ3v) is 1.66. The number of fused-ring (bicyclic) bond motifs is 1. The van der Waals surface area contributed by atoms with Crippen LogP contribution in [-0.4, -0.2) is 15.0 Å². The van der Waals surface area contributed by atoms with E-state index in [0.29, 0.717) is 11.5 Å². The predicted octanol–water partition coefficient (Wildman–Crippen LogP) is 1.28. The Balaban J connectivity index is 2.67. The molecule has 2 aromatic rings. The van der Waals surface area contributed by atoms with E-state index in [1.165, 1.54) is 0 Å². The molecule has 4 nitrogen and oxygen atoms in total. The summed E-state index contributed by atoms with van der Waals surface area (Å²) in [6, 6.07) is 3.68. The minimum atomic E-state index is 0.601. The van der Waals surface area contributed by atoms with Gasteiger partial charge in [0.15, 0.2) is 11.5 Å². The normalized spacial score (nSPS) is 10.1. The maximum atomic E-state index is 4.13. The van der Waals surface area contributed by atoms with Gasteiger partial charge in [-0.25, -0.2) is 15.0 Å². The largest absolute Gasteiger partial charge is 0.316 e. The van der Waals surface area contributed by atoms with Gasteiger partial charge in [0.1, 0.15) is 5.52 Å². The first-order valence-corrected chi connectivity index (χ1v) is 3.83. The molecule has 0 aliphatic rings. The van der Waals surface area contributed by atoms with E-state index in [-0.39, 0.29) is 0 Å². The Bertz CT molecular complexity index is 403. The van der Waals surface area contributed by atoms with E-state index in [1.54, 1.807) is 12.4 Å². The average Bonchev–Trinajstić information content (AvgIpc) is 2.17. The minimum absolute atomic E-state index is 0.601. The molecular formula is C7H6N4S. The van der Waals surface area contributed by atoms with E-state index in [2.05, 4.69) is 32.5 Å². The smallest absolute Gasteiger partial charge is 0.180 e. The number of anilines is 1. The Morgan fingerprint density at radius 3 is 3.08 bits per heavy atom. The second-order valence-corrected chi connectivity index (χ2v) is 2.44. The van der Waals surface area contributed by atoms with E-state index < -0.39 is 0 Å². The lowest BCUT2D eigenvalue weighted by atomic mass is 10.4. The highest BCUT2D eigenvalue weighted by Crippen LogP contribution is 2.08. The topological polar surface area (TPSA) is 50.7 Å². The number of pyridine rings is 1. The van der Waals surface area contributed by atoms with Crippen molar-refractivity contribution >= 4 is 29.8 Å². The second-order valence-electron chi connectivity index (χ2n) is 2.21. The molecule has 0 spiro atoms. The summed E-state index contributed by atoms with van der Waals surface area (Å²) in [5.74, 6) is 0.601. The lowest BCUT2D eigenvalue weighted by molar-refractivity contribution is 1.23. The van der Waals surface area contributed by atoms with Crippen molar-refractivity contribution in [3.63, 3.8) is 0 Å². The first-order chi connectivity index (χ1) is 5.90. The molecular weight excluding hydrogens is 172 g/mol. The lowest BCUT2D eigenvalue weighted by Crippen LogP contribution is -1.91. The number of nitrogens with zero attached hydrogens (tertiary/aromatic N) is 3. The number of hydrogen-bond donors (Lipinski definition) is 2. The molecule has 12 heavy (non-hydrogen) atoms. The summed E-state index contributed by atoms with van der Waals surface area (Å²) >= 11 is 3.86. The number of nitrogens with one attached hydrogen (secondary N) is 1. The number of thiol groups is 1. The Labute approximate surface area is 74.6 Å². The van der Waals surface area contributed by atoms with E-state index in [0.717, 1.165) is 5.52 Å². The number of rotatable bonds is 1. The molecule has 60 valence electrons. The first-order valence-electron chi connectivity index (χ1n) is 3.38. The summed E-state index contributed by atoms with van der Waals surface area (Å²) in [7, 11) is 0. The quantitative estimate of drug-likeness (QED) is 0.646. The summed E-state index contributed by atoms with van der Waals surface area (Å²) in [5, 5.41) is 0. The maximum absolute atomic E-state index is 4.13. The molecule has 2 heterocycles. The molecule has 0 amide bonds. The zero-order chi connectivity index (χ0) is 8.39. The van der Waals surface area contributed by atoms with Crippen LogP contribution >= 0.6 is 12.8 Å². The van der Waals surface area contributed by atoms with Gasteiger partial charge in [0, 0.05) is 6.20 Å². The fourth-order valence-electron chi connectivity index (χ4n) is 0.903. The summed E-state index contributed by atoms with van der Waals surface area (Å²) in [6.07, 6.45) is 3.29. The molecule has 0 unspecified atom stereocenters. The van der Waals surface area contributed by atoms with E-state index in [9.17, 15) is 0 Å². The molecule has 0 saturated heterocycles. The molecule has 0 saturated carbocycles. The molecule has 0 aromatic carbocycles. The van der Waals surface area contributed by atoms with E-state index in [4.69, 9.17) is 0 Å². The van der Waals surface area contributed by atoms with Gasteiger partial charge in [-0.05, 0) is 12.1 Å². The van der Waals surface area contributed by atoms with Gasteiger partial charge in [-0.3, -0.25) is 0 Å². The third-order valence-electron chi connectivity index (χ3n) is 1.43. The molecule has 2 rings (SSSR count). The Kier molecular flexibility index (Phi) is 1.79. The monoisotopic (exact) mass is 178 g/mol. The maximum Gasteiger partial charge on any atom is 0.180 e. The van der Waals surface area contributed by atoms with Crippen LogP contribution in [-0.2, 0) is 0 Å². The van der Waals surface area contributed by atoms with Gasteiger partial charge in [0.25, 0.3) is 0 Å². The highest BCUT2D eigenvalue weighted by molar-refractivity contribution is 7.81. The van der Waals surface area contributed by atoms with Crippen LogP contribution in [0, 0.1) is 0 Å².